The Morgan fingerprint density at radius 1 is 1.64 bits per heavy atom. The van der Waals surface area contributed by atoms with E-state index in [2.05, 4.69) is 4.98 Å². The van der Waals surface area contributed by atoms with Crippen LogP contribution >= 0.6 is 11.3 Å². The lowest BCUT2D eigenvalue weighted by Crippen LogP contribution is -1.99. The van der Waals surface area contributed by atoms with E-state index in [9.17, 15) is 4.79 Å². The Hall–Kier alpha value is -0.940. The highest BCUT2D eigenvalue weighted by atomic mass is 32.1. The molecule has 1 aromatic rings. The maximum atomic E-state index is 10.2. The first kappa shape index (κ1) is 13.1. The average Bonchev–Trinajstić information content (AvgIpc) is 2.65. The smallest absolute Gasteiger partial charge is 0.303 e. The van der Waals surface area contributed by atoms with E-state index in [1.54, 1.807) is 0 Å². The van der Waals surface area contributed by atoms with Gasteiger partial charge in [0.1, 0.15) is 5.01 Å². The van der Waals surface area contributed by atoms with Gasteiger partial charge in [-0.15, -0.1) is 11.3 Å². The second-order valence-corrected chi connectivity index (χ2v) is 3.27. The van der Waals surface area contributed by atoms with Crippen LogP contribution in [0.25, 0.3) is 0 Å². The van der Waals surface area contributed by atoms with Gasteiger partial charge in [-0.2, -0.15) is 0 Å². The second-order valence-electron chi connectivity index (χ2n) is 2.33. The molecule has 0 saturated carbocycles. The molecular formula is C9H16N2O2S. The van der Waals surface area contributed by atoms with E-state index in [1.807, 2.05) is 19.2 Å². The van der Waals surface area contributed by atoms with Crippen molar-refractivity contribution in [1.82, 2.24) is 4.98 Å². The molecule has 0 aliphatic carbocycles. The van der Waals surface area contributed by atoms with Gasteiger partial charge in [-0.1, -0.05) is 13.8 Å². The lowest BCUT2D eigenvalue weighted by molar-refractivity contribution is -0.136. The molecule has 4 nitrogen and oxygen atoms in total. The molecule has 0 saturated heterocycles. The van der Waals surface area contributed by atoms with Crippen LogP contribution in [0.1, 0.15) is 31.0 Å². The fourth-order valence-electron chi connectivity index (χ4n) is 0.793. The fourth-order valence-corrected chi connectivity index (χ4v) is 1.50. The number of rotatable bonds is 4. The van der Waals surface area contributed by atoms with Crippen LogP contribution in [0.15, 0.2) is 5.38 Å². The number of nitrogens with two attached hydrogens (primary N) is 1. The van der Waals surface area contributed by atoms with Gasteiger partial charge < -0.3 is 10.8 Å². The first-order chi connectivity index (χ1) is 6.72. The molecule has 0 radical (unpaired) electrons. The zero-order valence-electron chi connectivity index (χ0n) is 8.49. The van der Waals surface area contributed by atoms with Crippen LogP contribution in [0.2, 0.25) is 0 Å². The molecule has 0 unspecified atom stereocenters. The second kappa shape index (κ2) is 7.46. The lowest BCUT2D eigenvalue weighted by Gasteiger charge is -1.90. The topological polar surface area (TPSA) is 76.2 Å². The monoisotopic (exact) mass is 216 g/mol. The number of aromatic nitrogens is 1. The van der Waals surface area contributed by atoms with E-state index in [-0.39, 0.29) is 6.42 Å². The van der Waals surface area contributed by atoms with Crippen molar-refractivity contribution < 1.29 is 9.90 Å². The molecule has 0 aromatic carbocycles. The summed E-state index contributed by atoms with van der Waals surface area (Å²) in [6.45, 7) is 4.43. The Kier molecular flexibility index (Phi) is 6.96. The number of thiazole rings is 1. The number of carboxylic acids is 1. The molecule has 1 heterocycles. The van der Waals surface area contributed by atoms with Crippen molar-refractivity contribution in [1.29, 1.82) is 0 Å². The molecular weight excluding hydrogens is 200 g/mol. The molecule has 0 bridgehead atoms. The van der Waals surface area contributed by atoms with Crippen molar-refractivity contribution in [2.75, 3.05) is 0 Å². The van der Waals surface area contributed by atoms with Crippen molar-refractivity contribution in [2.45, 2.75) is 33.2 Å². The van der Waals surface area contributed by atoms with Gasteiger partial charge in [0.05, 0.1) is 12.1 Å². The summed E-state index contributed by atoms with van der Waals surface area (Å²) in [7, 11) is 0. The van der Waals surface area contributed by atoms with Crippen molar-refractivity contribution in [3.63, 3.8) is 0 Å². The normalized spacial score (nSPS) is 9.07. The van der Waals surface area contributed by atoms with E-state index in [0.29, 0.717) is 13.0 Å². The molecule has 14 heavy (non-hydrogen) atoms. The molecule has 1 aromatic heterocycles. The fraction of sp³-hybridized carbons (Fsp3) is 0.556. The highest BCUT2D eigenvalue weighted by Gasteiger charge is 2.02. The van der Waals surface area contributed by atoms with Gasteiger partial charge >= 0.3 is 5.97 Å². The summed E-state index contributed by atoms with van der Waals surface area (Å²) in [6.07, 6.45) is 0.625. The highest BCUT2D eigenvalue weighted by Crippen LogP contribution is 2.10. The van der Waals surface area contributed by atoms with E-state index < -0.39 is 5.97 Å². The summed E-state index contributed by atoms with van der Waals surface area (Å²) in [4.78, 5) is 14.3. The van der Waals surface area contributed by atoms with Crippen molar-refractivity contribution in [3.8, 4) is 0 Å². The third kappa shape index (κ3) is 4.94. The summed E-state index contributed by atoms with van der Waals surface area (Å²) in [5, 5.41) is 11.1. The SMILES string of the molecule is CC.NCc1nc(CCC(=O)O)cs1. The zero-order valence-corrected chi connectivity index (χ0v) is 9.30. The number of carboxylic acid groups (broad SMARTS) is 1. The van der Waals surface area contributed by atoms with Gasteiger partial charge in [-0.3, -0.25) is 4.79 Å². The number of aryl methyl sites for hydroxylation is 1. The minimum absolute atomic E-state index is 0.133. The zero-order chi connectivity index (χ0) is 11.0. The predicted octanol–water partition coefficient (Wildman–Crippen LogP) is 1.65. The largest absolute Gasteiger partial charge is 0.481 e. The quantitative estimate of drug-likeness (QED) is 0.802. The van der Waals surface area contributed by atoms with Crippen LogP contribution in [0.3, 0.4) is 0 Å². The number of hydrogen-bond donors (Lipinski definition) is 2. The molecule has 0 fully saturated rings. The third-order valence-corrected chi connectivity index (χ3v) is 2.29. The summed E-state index contributed by atoms with van der Waals surface area (Å²) in [6, 6.07) is 0. The molecule has 1 rings (SSSR count). The van der Waals surface area contributed by atoms with Gasteiger partial charge in [0.2, 0.25) is 0 Å². The molecule has 3 N–H and O–H groups in total. The van der Waals surface area contributed by atoms with Crippen LogP contribution in [-0.4, -0.2) is 16.1 Å². The van der Waals surface area contributed by atoms with Gasteiger partial charge in [-0.05, 0) is 0 Å². The molecule has 5 heteroatoms. The van der Waals surface area contributed by atoms with E-state index in [4.69, 9.17) is 10.8 Å². The summed E-state index contributed by atoms with van der Waals surface area (Å²) < 4.78 is 0. The summed E-state index contributed by atoms with van der Waals surface area (Å²) in [5.74, 6) is -0.794. The van der Waals surface area contributed by atoms with Crippen molar-refractivity contribution >= 4 is 17.3 Å². The minimum Gasteiger partial charge on any atom is -0.481 e. The molecule has 80 valence electrons. The molecule has 0 atom stereocenters. The van der Waals surface area contributed by atoms with Gasteiger partial charge in [0.25, 0.3) is 0 Å². The Bertz CT molecular complexity index is 274. The highest BCUT2D eigenvalue weighted by molar-refractivity contribution is 7.09. The Morgan fingerprint density at radius 2 is 2.29 bits per heavy atom. The standard InChI is InChI=1S/C7H10N2O2S.C2H6/c8-3-6-9-5(4-12-6)1-2-7(10)11;1-2/h4H,1-3,8H2,(H,10,11);1-2H3. The Balaban J connectivity index is 0.000000791. The maximum absolute atomic E-state index is 10.2. The van der Waals surface area contributed by atoms with Crippen LogP contribution in [-0.2, 0) is 17.8 Å². The number of hydrogen-bond acceptors (Lipinski definition) is 4. The number of aliphatic carboxylic acids is 1. The van der Waals surface area contributed by atoms with E-state index in [1.165, 1.54) is 11.3 Å². The van der Waals surface area contributed by atoms with Gasteiger partial charge in [-0.25, -0.2) is 4.98 Å². The first-order valence-corrected chi connectivity index (χ1v) is 5.45. The van der Waals surface area contributed by atoms with Crippen LogP contribution in [0.4, 0.5) is 0 Å². The molecule has 0 amide bonds. The molecule has 0 aliphatic heterocycles. The number of nitrogens with zero attached hydrogens (tertiary/aromatic N) is 1. The average molecular weight is 216 g/mol. The molecule has 0 spiro atoms. The summed E-state index contributed by atoms with van der Waals surface area (Å²) >= 11 is 1.47. The predicted molar refractivity (Wildman–Crippen MR) is 57.3 cm³/mol. The lowest BCUT2D eigenvalue weighted by atomic mass is 10.2. The van der Waals surface area contributed by atoms with Crippen molar-refractivity contribution in [3.05, 3.63) is 16.1 Å². The Labute approximate surface area is 87.8 Å². The van der Waals surface area contributed by atoms with Crippen molar-refractivity contribution in [2.24, 2.45) is 5.73 Å². The van der Waals surface area contributed by atoms with Gasteiger partial charge in [0.15, 0.2) is 0 Å². The summed E-state index contributed by atoms with van der Waals surface area (Å²) in [5.41, 5.74) is 6.17. The Morgan fingerprint density at radius 3 is 2.71 bits per heavy atom. The first-order valence-electron chi connectivity index (χ1n) is 4.57. The van der Waals surface area contributed by atoms with E-state index in [0.717, 1.165) is 10.7 Å². The van der Waals surface area contributed by atoms with Crippen LogP contribution in [0.5, 0.6) is 0 Å². The number of carbonyl (C=O) groups is 1. The third-order valence-electron chi connectivity index (χ3n) is 1.37. The molecule has 0 aliphatic rings. The minimum atomic E-state index is -0.794. The van der Waals surface area contributed by atoms with Crippen LogP contribution in [0, 0.1) is 0 Å². The maximum Gasteiger partial charge on any atom is 0.303 e. The van der Waals surface area contributed by atoms with E-state index >= 15 is 0 Å². The van der Waals surface area contributed by atoms with Gasteiger partial charge in [0, 0.05) is 18.3 Å². The van der Waals surface area contributed by atoms with Crippen LogP contribution < -0.4 is 5.73 Å².